The van der Waals surface area contributed by atoms with E-state index in [0.29, 0.717) is 11.6 Å². The molecule has 6 nitrogen and oxygen atoms in total. The average Bonchev–Trinajstić information content (AvgIpc) is 3.86. The molecule has 10 aromatic rings. The second-order valence-electron chi connectivity index (χ2n) is 18.3. The maximum atomic E-state index is 6.81. The van der Waals surface area contributed by atoms with Crippen molar-refractivity contribution in [3.63, 3.8) is 0 Å². The topological polar surface area (TPSA) is 38.5 Å². The van der Waals surface area contributed by atoms with Crippen molar-refractivity contribution < 1.29 is 24.1 Å². The van der Waals surface area contributed by atoms with Gasteiger partial charge in [-0.3, -0.25) is 0 Å². The third-order valence-electron chi connectivity index (χ3n) is 13.5. The first-order chi connectivity index (χ1) is 32.3. The second-order valence-corrected chi connectivity index (χ2v) is 19.3. The Labute approximate surface area is 395 Å². The van der Waals surface area contributed by atoms with Crippen molar-refractivity contribution in [3.8, 4) is 67.5 Å². The SMILES string of the molecule is CC(C)(C)c1ccc(-c2cccc(-c3ccccc3)c2-n2[c](=[Pt])n(-c3cccc(Oc4ccc5c(n4)N4B6c7c(cccc7-5)-c5ccccc5N6c5ccccc54)c3)c3ccccc32)cc1. The van der Waals surface area contributed by atoms with Gasteiger partial charge in [-0.05, 0) is 17.7 Å². The number of pyridine rings is 1. The molecule has 0 unspecified atom stereocenters. The number of aromatic nitrogens is 3. The summed E-state index contributed by atoms with van der Waals surface area (Å²) in [7, 11) is 0. The molecule has 0 bridgehead atoms. The summed E-state index contributed by atoms with van der Waals surface area (Å²) in [6.07, 6.45) is 0. The van der Waals surface area contributed by atoms with Crippen molar-refractivity contribution in [1.29, 1.82) is 0 Å². The van der Waals surface area contributed by atoms with Gasteiger partial charge >= 0.3 is 326 Å². The summed E-state index contributed by atoms with van der Waals surface area (Å²) >= 11 is 2.51. The van der Waals surface area contributed by atoms with Crippen molar-refractivity contribution in [2.45, 2.75) is 26.2 Å². The zero-order chi connectivity index (χ0) is 44.3. The Morgan fingerprint density at radius 2 is 1.06 bits per heavy atom. The van der Waals surface area contributed by atoms with Gasteiger partial charge in [0.2, 0.25) is 0 Å². The van der Waals surface area contributed by atoms with E-state index in [9.17, 15) is 0 Å². The van der Waals surface area contributed by atoms with E-state index in [1.807, 2.05) is 12.1 Å². The fourth-order valence-corrected chi connectivity index (χ4v) is 11.6. The predicted molar refractivity (Wildman–Crippen MR) is 267 cm³/mol. The summed E-state index contributed by atoms with van der Waals surface area (Å²) in [5.41, 5.74) is 20.0. The molecule has 8 heteroatoms. The first-order valence-corrected chi connectivity index (χ1v) is 23.6. The molecule has 0 saturated heterocycles. The third kappa shape index (κ3) is 5.86. The summed E-state index contributed by atoms with van der Waals surface area (Å²) in [4.78, 5) is 10.3. The Balaban J connectivity index is 0.932. The maximum absolute atomic E-state index is 6.81. The van der Waals surface area contributed by atoms with Crippen molar-refractivity contribution in [2.75, 3.05) is 9.62 Å². The van der Waals surface area contributed by atoms with E-state index in [1.165, 1.54) is 50.2 Å². The molecule has 0 atom stereocenters. The Morgan fingerprint density at radius 3 is 1.79 bits per heavy atom. The molecule has 3 aliphatic rings. The first-order valence-electron chi connectivity index (χ1n) is 22.5. The van der Waals surface area contributed by atoms with E-state index in [1.54, 1.807) is 0 Å². The van der Waals surface area contributed by atoms with Crippen LogP contribution in [0.4, 0.5) is 22.9 Å². The summed E-state index contributed by atoms with van der Waals surface area (Å²) < 4.78 is 12.6. The van der Waals surface area contributed by atoms with Crippen LogP contribution in [0.3, 0.4) is 0 Å². The van der Waals surface area contributed by atoms with Crippen LogP contribution in [0.25, 0.3) is 66.9 Å². The van der Waals surface area contributed by atoms with Crippen molar-refractivity contribution in [3.05, 3.63) is 210 Å². The predicted octanol–water partition coefficient (Wildman–Crippen LogP) is 14.0. The van der Waals surface area contributed by atoms with Crippen molar-refractivity contribution in [2.24, 2.45) is 0 Å². The number of para-hydroxylation sites is 6. The normalized spacial score (nSPS) is 13.1. The molecule has 2 aromatic heterocycles. The summed E-state index contributed by atoms with van der Waals surface area (Å²) in [5.74, 6) is 2.14. The van der Waals surface area contributed by atoms with Gasteiger partial charge < -0.3 is 0 Å². The standard InChI is InChI=1S/C58H42BN5O.Pt/c1-58(2,3)40-32-30-39(31-33-40)44-22-14-21-43(38-16-5-4-6-17-38)56(44)62-37-61(50-26-9-10-27-51(50)62)41-18-13-19-42(36-41)65-54-35-34-48-47-24-15-23-46-45-20-7-8-25-49(45)63-52-28-11-12-29-53(52)64(57(48)60-54)59(63)55(46)47;/h4-36H,1-3H3;. The minimum absolute atomic E-state index is 0.0560. The number of hydrogen-bond donors (Lipinski definition) is 0. The molecule has 0 spiro atoms. The van der Waals surface area contributed by atoms with Gasteiger partial charge in [-0.1, -0.05) is 42.5 Å². The van der Waals surface area contributed by atoms with E-state index in [0.717, 1.165) is 54.4 Å². The Hall–Kier alpha value is -7.47. The Morgan fingerprint density at radius 1 is 0.485 bits per heavy atom. The van der Waals surface area contributed by atoms with Crippen LogP contribution in [0.15, 0.2) is 200 Å². The van der Waals surface area contributed by atoms with Crippen LogP contribution in [0.2, 0.25) is 0 Å². The summed E-state index contributed by atoms with van der Waals surface area (Å²) in [6, 6.07) is 71.9. The van der Waals surface area contributed by atoms with Gasteiger partial charge in [-0.2, -0.15) is 0 Å². The van der Waals surface area contributed by atoms with Crippen LogP contribution in [-0.2, 0) is 24.8 Å². The number of hydrogen-bond acceptors (Lipinski definition) is 4. The van der Waals surface area contributed by atoms with Gasteiger partial charge in [0.1, 0.15) is 0 Å². The number of benzene rings is 8. The number of fused-ring (bicyclic) bond motifs is 10. The van der Waals surface area contributed by atoms with Crippen LogP contribution < -0.4 is 19.8 Å². The molecule has 13 rings (SSSR count). The molecule has 0 saturated carbocycles. The summed E-state index contributed by atoms with van der Waals surface area (Å²) in [5, 5.41) is 0. The number of ether oxygens (including phenoxy) is 1. The molecule has 66 heavy (non-hydrogen) atoms. The fraction of sp³-hybridized carbons (Fsp3) is 0.0690. The molecule has 318 valence electrons. The van der Waals surface area contributed by atoms with Crippen molar-refractivity contribution in [1.82, 2.24) is 14.1 Å². The molecule has 0 radical (unpaired) electrons. The molecule has 5 heterocycles. The molecule has 8 aromatic carbocycles. The van der Waals surface area contributed by atoms with Crippen LogP contribution in [0.5, 0.6) is 11.6 Å². The van der Waals surface area contributed by atoms with E-state index < -0.39 is 0 Å². The number of nitrogens with zero attached hydrogens (tertiary/aromatic N) is 5. The molecule has 0 fully saturated rings. The van der Waals surface area contributed by atoms with Gasteiger partial charge in [-0.25, -0.2) is 0 Å². The van der Waals surface area contributed by atoms with Crippen LogP contribution in [0.1, 0.15) is 26.3 Å². The monoisotopic (exact) mass is 1030 g/mol. The van der Waals surface area contributed by atoms with Gasteiger partial charge in [-0.15, -0.1) is 0 Å². The molecule has 0 amide bonds. The zero-order valence-electron chi connectivity index (χ0n) is 36.6. The number of rotatable bonds is 6. The van der Waals surface area contributed by atoms with E-state index in [-0.39, 0.29) is 12.4 Å². The first kappa shape index (κ1) is 38.9. The Bertz CT molecular complexity index is 3660. The molecule has 0 N–H and O–H groups in total. The van der Waals surface area contributed by atoms with Gasteiger partial charge in [0.15, 0.2) is 0 Å². The quantitative estimate of drug-likeness (QED) is 0.156. The van der Waals surface area contributed by atoms with Crippen LogP contribution in [0, 0.1) is 3.80 Å². The van der Waals surface area contributed by atoms with E-state index in [2.05, 4.69) is 247 Å². The third-order valence-corrected chi connectivity index (χ3v) is 14.5. The molecule has 0 aliphatic carbocycles. The zero-order valence-corrected chi connectivity index (χ0v) is 38.9. The van der Waals surface area contributed by atoms with Crippen LogP contribution >= 0.6 is 0 Å². The van der Waals surface area contributed by atoms with Crippen molar-refractivity contribution >= 4 is 46.4 Å². The molecular formula is C58H42BN5OPt. The van der Waals surface area contributed by atoms with E-state index >= 15 is 0 Å². The van der Waals surface area contributed by atoms with Gasteiger partial charge in [0, 0.05) is 11.3 Å². The number of imidazole rings is 1. The fourth-order valence-electron chi connectivity index (χ4n) is 10.5. The molecular weight excluding hydrogens is 989 g/mol. The van der Waals surface area contributed by atoms with E-state index in [4.69, 9.17) is 9.72 Å². The van der Waals surface area contributed by atoms with Crippen LogP contribution in [-0.4, -0.2) is 21.1 Å². The summed E-state index contributed by atoms with van der Waals surface area (Å²) in [6.45, 7) is 6.74. The Kier molecular flexibility index (Phi) is 8.72. The second kappa shape index (κ2) is 14.8. The van der Waals surface area contributed by atoms with Gasteiger partial charge in [0.05, 0.1) is 0 Å². The van der Waals surface area contributed by atoms with Gasteiger partial charge in [0.25, 0.3) is 0 Å². The number of anilines is 4. The minimum atomic E-state index is -0.0617. The average molecular weight is 1030 g/mol. The molecule has 3 aliphatic heterocycles.